The second kappa shape index (κ2) is 10.9. The van der Waals surface area contributed by atoms with Crippen LogP contribution in [-0.2, 0) is 4.79 Å². The number of carbonyl (C=O) groups is 1. The Morgan fingerprint density at radius 3 is 1.48 bits per heavy atom. The van der Waals surface area contributed by atoms with Crippen LogP contribution in [0.4, 0.5) is 0 Å². The summed E-state index contributed by atoms with van der Waals surface area (Å²) < 4.78 is 0. The van der Waals surface area contributed by atoms with E-state index < -0.39 is 0 Å². The number of carbonyl (C=O) groups excluding carboxylic acids is 1. The fourth-order valence-corrected chi connectivity index (χ4v) is 3.11. The minimum atomic E-state index is 0.0844. The monoisotopic (exact) mass is 367 g/mol. The standard InChI is InChI=1S/C23H33N3O/c1-24(2)15-17-26(18-16-25(3)4)23(27)19-22(20-11-7-5-8-12-20)21-13-9-6-10-14-21/h5-14,22H,15-19H2,1-4H3. The summed E-state index contributed by atoms with van der Waals surface area (Å²) in [6.45, 7) is 3.27. The summed E-state index contributed by atoms with van der Waals surface area (Å²) in [5.41, 5.74) is 2.38. The molecule has 0 aromatic heterocycles. The average molecular weight is 368 g/mol. The molecule has 2 aromatic rings. The van der Waals surface area contributed by atoms with E-state index in [9.17, 15) is 4.79 Å². The van der Waals surface area contributed by atoms with Gasteiger partial charge < -0.3 is 14.7 Å². The smallest absolute Gasteiger partial charge is 0.223 e. The molecule has 0 aliphatic rings. The number of likely N-dealkylation sites (N-methyl/N-ethyl adjacent to an activating group) is 2. The Morgan fingerprint density at radius 2 is 1.11 bits per heavy atom. The third-order valence-corrected chi connectivity index (χ3v) is 4.77. The van der Waals surface area contributed by atoms with Gasteiger partial charge in [0.05, 0.1) is 0 Å². The summed E-state index contributed by atoms with van der Waals surface area (Å²) in [7, 11) is 8.19. The molecule has 4 nitrogen and oxygen atoms in total. The van der Waals surface area contributed by atoms with Crippen molar-refractivity contribution in [2.45, 2.75) is 12.3 Å². The molecule has 1 amide bonds. The number of amides is 1. The van der Waals surface area contributed by atoms with E-state index in [2.05, 4.69) is 34.1 Å². The number of hydrogen-bond acceptors (Lipinski definition) is 3. The van der Waals surface area contributed by atoms with Crippen LogP contribution in [0.25, 0.3) is 0 Å². The second-order valence-electron chi connectivity index (χ2n) is 7.57. The molecular weight excluding hydrogens is 334 g/mol. The second-order valence-corrected chi connectivity index (χ2v) is 7.57. The fraction of sp³-hybridized carbons (Fsp3) is 0.435. The van der Waals surface area contributed by atoms with Crippen LogP contribution < -0.4 is 0 Å². The minimum absolute atomic E-state index is 0.0844. The summed E-state index contributed by atoms with van der Waals surface area (Å²) in [6, 6.07) is 20.7. The van der Waals surface area contributed by atoms with Gasteiger partial charge in [0.25, 0.3) is 0 Å². The molecule has 2 rings (SSSR count). The number of rotatable bonds is 10. The van der Waals surface area contributed by atoms with Crippen molar-refractivity contribution in [1.82, 2.24) is 14.7 Å². The SMILES string of the molecule is CN(C)CCN(CCN(C)C)C(=O)CC(c1ccccc1)c1ccccc1. The van der Waals surface area contributed by atoms with Crippen molar-refractivity contribution in [3.63, 3.8) is 0 Å². The van der Waals surface area contributed by atoms with Crippen molar-refractivity contribution in [2.75, 3.05) is 54.4 Å². The zero-order valence-corrected chi connectivity index (χ0v) is 17.1. The van der Waals surface area contributed by atoms with Gasteiger partial charge in [-0.3, -0.25) is 4.79 Å². The highest BCUT2D eigenvalue weighted by Gasteiger charge is 2.22. The van der Waals surface area contributed by atoms with Gasteiger partial charge in [-0.1, -0.05) is 60.7 Å². The molecule has 0 aliphatic carbocycles. The van der Waals surface area contributed by atoms with Gasteiger partial charge in [-0.2, -0.15) is 0 Å². The molecule has 0 bridgehead atoms. The topological polar surface area (TPSA) is 26.8 Å². The van der Waals surface area contributed by atoms with E-state index in [1.54, 1.807) is 0 Å². The van der Waals surface area contributed by atoms with E-state index in [-0.39, 0.29) is 11.8 Å². The maximum absolute atomic E-state index is 13.2. The highest BCUT2D eigenvalue weighted by molar-refractivity contribution is 5.77. The van der Waals surface area contributed by atoms with Gasteiger partial charge in [-0.15, -0.1) is 0 Å². The van der Waals surface area contributed by atoms with Crippen LogP contribution in [0.5, 0.6) is 0 Å². The third kappa shape index (κ3) is 7.16. The maximum atomic E-state index is 13.2. The Bertz CT molecular complexity index is 619. The molecule has 0 N–H and O–H groups in total. The van der Waals surface area contributed by atoms with E-state index >= 15 is 0 Å². The first-order chi connectivity index (χ1) is 13.0. The summed E-state index contributed by atoms with van der Waals surface area (Å²) in [4.78, 5) is 19.5. The van der Waals surface area contributed by atoms with Crippen molar-refractivity contribution in [1.29, 1.82) is 0 Å². The van der Waals surface area contributed by atoms with Crippen molar-refractivity contribution < 1.29 is 4.79 Å². The number of benzene rings is 2. The van der Waals surface area contributed by atoms with Crippen LogP contribution in [-0.4, -0.2) is 75.0 Å². The lowest BCUT2D eigenvalue weighted by atomic mass is 9.88. The minimum Gasteiger partial charge on any atom is -0.340 e. The fourth-order valence-electron chi connectivity index (χ4n) is 3.11. The van der Waals surface area contributed by atoms with Crippen LogP contribution in [0.15, 0.2) is 60.7 Å². The molecule has 0 fully saturated rings. The van der Waals surface area contributed by atoms with E-state index in [4.69, 9.17) is 0 Å². The number of hydrogen-bond donors (Lipinski definition) is 0. The molecule has 0 heterocycles. The highest BCUT2D eigenvalue weighted by Crippen LogP contribution is 2.28. The van der Waals surface area contributed by atoms with Crippen molar-refractivity contribution in [2.24, 2.45) is 0 Å². The molecular formula is C23H33N3O. The molecule has 2 aromatic carbocycles. The Kier molecular flexibility index (Phi) is 8.49. The molecule has 0 aliphatic heterocycles. The van der Waals surface area contributed by atoms with Crippen molar-refractivity contribution in [3.05, 3.63) is 71.8 Å². The quantitative estimate of drug-likeness (QED) is 0.645. The van der Waals surface area contributed by atoms with Crippen molar-refractivity contribution >= 4 is 5.91 Å². The lowest BCUT2D eigenvalue weighted by Gasteiger charge is -2.28. The van der Waals surface area contributed by atoms with E-state index in [0.29, 0.717) is 6.42 Å². The molecule has 4 heteroatoms. The van der Waals surface area contributed by atoms with Gasteiger partial charge >= 0.3 is 0 Å². The molecule has 0 unspecified atom stereocenters. The zero-order chi connectivity index (χ0) is 19.6. The molecule has 146 valence electrons. The normalized spacial score (nSPS) is 11.4. The zero-order valence-electron chi connectivity index (χ0n) is 17.1. The highest BCUT2D eigenvalue weighted by atomic mass is 16.2. The van der Waals surface area contributed by atoms with Gasteiger partial charge in [-0.25, -0.2) is 0 Å². The van der Waals surface area contributed by atoms with Gasteiger partial charge in [0.1, 0.15) is 0 Å². The summed E-state index contributed by atoms with van der Waals surface area (Å²) in [5.74, 6) is 0.303. The largest absolute Gasteiger partial charge is 0.340 e. The summed E-state index contributed by atoms with van der Waals surface area (Å²) >= 11 is 0. The average Bonchev–Trinajstić information content (AvgIpc) is 2.67. The van der Waals surface area contributed by atoms with Gasteiger partial charge in [0.2, 0.25) is 5.91 Å². The summed E-state index contributed by atoms with van der Waals surface area (Å²) in [5, 5.41) is 0. The first kappa shape index (κ1) is 21.1. The van der Waals surface area contributed by atoms with E-state index in [1.165, 1.54) is 11.1 Å². The van der Waals surface area contributed by atoms with Crippen LogP contribution in [0, 0.1) is 0 Å². The lowest BCUT2D eigenvalue weighted by molar-refractivity contribution is -0.131. The summed E-state index contributed by atoms with van der Waals surface area (Å²) in [6.07, 6.45) is 0.495. The Hall–Kier alpha value is -2.17. The Morgan fingerprint density at radius 1 is 0.704 bits per heavy atom. The van der Waals surface area contributed by atoms with Crippen LogP contribution in [0.3, 0.4) is 0 Å². The predicted molar refractivity (Wildman–Crippen MR) is 113 cm³/mol. The van der Waals surface area contributed by atoms with Crippen LogP contribution >= 0.6 is 0 Å². The number of nitrogens with zero attached hydrogens (tertiary/aromatic N) is 3. The van der Waals surface area contributed by atoms with Gasteiger partial charge in [-0.05, 0) is 39.3 Å². The molecule has 0 saturated carbocycles. The Labute approximate surface area is 164 Å². The van der Waals surface area contributed by atoms with Crippen LogP contribution in [0.2, 0.25) is 0 Å². The van der Waals surface area contributed by atoms with E-state index in [0.717, 1.165) is 26.2 Å². The lowest BCUT2D eigenvalue weighted by Crippen LogP contribution is -2.41. The molecule has 0 spiro atoms. The molecule has 0 radical (unpaired) electrons. The maximum Gasteiger partial charge on any atom is 0.223 e. The van der Waals surface area contributed by atoms with Crippen LogP contribution in [0.1, 0.15) is 23.5 Å². The predicted octanol–water partition coefficient (Wildman–Crippen LogP) is 3.16. The first-order valence-electron chi connectivity index (χ1n) is 9.64. The first-order valence-corrected chi connectivity index (χ1v) is 9.64. The third-order valence-electron chi connectivity index (χ3n) is 4.77. The molecule has 0 atom stereocenters. The molecule has 0 saturated heterocycles. The Balaban J connectivity index is 2.18. The van der Waals surface area contributed by atoms with Gasteiger partial charge in [0.15, 0.2) is 0 Å². The van der Waals surface area contributed by atoms with Gasteiger partial charge in [0, 0.05) is 38.5 Å². The van der Waals surface area contributed by atoms with Crippen molar-refractivity contribution in [3.8, 4) is 0 Å². The molecule has 27 heavy (non-hydrogen) atoms. The van der Waals surface area contributed by atoms with E-state index in [1.807, 2.05) is 69.5 Å².